The topological polar surface area (TPSA) is 27.0 Å². The van der Waals surface area contributed by atoms with Crippen LogP contribution >= 0.6 is 0 Å². The fraction of sp³-hybridized carbons (Fsp3) is 0.900. The second-order valence-electron chi connectivity index (χ2n) is 4.51. The van der Waals surface area contributed by atoms with E-state index in [1.54, 1.807) is 0 Å². The van der Waals surface area contributed by atoms with Crippen molar-refractivity contribution < 1.29 is 13.2 Å². The molecule has 15 heavy (non-hydrogen) atoms. The van der Waals surface area contributed by atoms with E-state index >= 15 is 0 Å². The number of nitriles is 1. The number of halogens is 3. The number of likely N-dealkylation sites (tertiary alicyclic amines) is 1. The zero-order valence-electron chi connectivity index (χ0n) is 8.30. The van der Waals surface area contributed by atoms with Crippen LogP contribution in [-0.4, -0.2) is 30.2 Å². The van der Waals surface area contributed by atoms with Crippen LogP contribution in [-0.2, 0) is 0 Å². The summed E-state index contributed by atoms with van der Waals surface area (Å²) in [5, 5.41) is 8.50. The van der Waals surface area contributed by atoms with Crippen LogP contribution in [0.15, 0.2) is 0 Å². The summed E-state index contributed by atoms with van der Waals surface area (Å²) in [6.45, 7) is 0.611. The molecule has 0 radical (unpaired) electrons. The summed E-state index contributed by atoms with van der Waals surface area (Å²) in [5.41, 5.74) is 0. The minimum atomic E-state index is -4.38. The predicted octanol–water partition coefficient (Wildman–Crippen LogP) is 2.17. The first-order valence-corrected chi connectivity index (χ1v) is 5.21. The lowest BCUT2D eigenvalue weighted by atomic mass is 10.1. The molecule has 5 heteroatoms. The van der Waals surface area contributed by atoms with Gasteiger partial charge in [0.15, 0.2) is 5.92 Å². The molecule has 0 aromatic rings. The molecule has 3 atom stereocenters. The van der Waals surface area contributed by atoms with E-state index in [0.717, 1.165) is 25.8 Å². The van der Waals surface area contributed by atoms with E-state index in [0.29, 0.717) is 12.0 Å². The number of alkyl halides is 3. The molecule has 2 nitrogen and oxygen atoms in total. The summed E-state index contributed by atoms with van der Waals surface area (Å²) < 4.78 is 37.1. The van der Waals surface area contributed by atoms with Gasteiger partial charge in [-0.05, 0) is 25.2 Å². The maximum atomic E-state index is 12.4. The van der Waals surface area contributed by atoms with Crippen LogP contribution in [0.4, 0.5) is 13.2 Å². The first-order valence-electron chi connectivity index (χ1n) is 5.21. The molecule has 1 saturated carbocycles. The molecule has 0 aromatic heterocycles. The van der Waals surface area contributed by atoms with Crippen molar-refractivity contribution in [3.8, 4) is 6.07 Å². The van der Waals surface area contributed by atoms with Gasteiger partial charge in [0.1, 0.15) is 0 Å². The number of rotatable bonds is 2. The van der Waals surface area contributed by atoms with Gasteiger partial charge in [0.05, 0.1) is 6.07 Å². The van der Waals surface area contributed by atoms with Crippen LogP contribution < -0.4 is 0 Å². The number of hydrogen-bond acceptors (Lipinski definition) is 2. The summed E-state index contributed by atoms with van der Waals surface area (Å²) in [7, 11) is 0. The number of nitrogens with zero attached hydrogens (tertiary/aromatic N) is 2. The Kier molecular flexibility index (Phi) is 2.63. The Balaban J connectivity index is 1.94. The first kappa shape index (κ1) is 10.7. The summed E-state index contributed by atoms with van der Waals surface area (Å²) >= 11 is 0. The quantitative estimate of drug-likeness (QED) is 0.710. The Morgan fingerprint density at radius 3 is 2.53 bits per heavy atom. The lowest BCUT2D eigenvalue weighted by Crippen LogP contribution is -2.40. The van der Waals surface area contributed by atoms with E-state index in [4.69, 9.17) is 5.26 Å². The molecule has 1 aliphatic heterocycles. The van der Waals surface area contributed by atoms with Crippen molar-refractivity contribution in [2.24, 2.45) is 11.8 Å². The van der Waals surface area contributed by atoms with Crippen molar-refractivity contribution in [2.75, 3.05) is 13.1 Å². The lowest BCUT2D eigenvalue weighted by molar-refractivity contribution is -0.164. The Labute approximate surface area is 86.7 Å². The maximum Gasteiger partial charge on any atom is 0.405 e. The SMILES string of the molecule is N#CC(CN1CC2CCC1C2)C(F)(F)F. The van der Waals surface area contributed by atoms with E-state index in [-0.39, 0.29) is 6.54 Å². The van der Waals surface area contributed by atoms with Crippen LogP contribution in [0.5, 0.6) is 0 Å². The van der Waals surface area contributed by atoms with Gasteiger partial charge in [-0.3, -0.25) is 4.90 Å². The molecular formula is C10H13F3N2. The molecule has 2 bridgehead atoms. The fourth-order valence-electron chi connectivity index (χ4n) is 2.70. The largest absolute Gasteiger partial charge is 0.405 e. The van der Waals surface area contributed by atoms with Gasteiger partial charge in [0, 0.05) is 19.1 Å². The molecule has 1 saturated heterocycles. The van der Waals surface area contributed by atoms with Gasteiger partial charge in [-0.2, -0.15) is 18.4 Å². The Bertz CT molecular complexity index is 281. The van der Waals surface area contributed by atoms with Crippen LogP contribution in [0.2, 0.25) is 0 Å². The average molecular weight is 218 g/mol. The van der Waals surface area contributed by atoms with Crippen LogP contribution in [0.25, 0.3) is 0 Å². The maximum absolute atomic E-state index is 12.4. The molecule has 1 aliphatic carbocycles. The van der Waals surface area contributed by atoms with Gasteiger partial charge < -0.3 is 0 Å². The van der Waals surface area contributed by atoms with Crippen LogP contribution in [0.1, 0.15) is 19.3 Å². The molecule has 1 heterocycles. The number of hydrogen-bond donors (Lipinski definition) is 0. The number of fused-ring (bicyclic) bond motifs is 2. The second-order valence-corrected chi connectivity index (χ2v) is 4.51. The molecule has 0 spiro atoms. The van der Waals surface area contributed by atoms with Crippen LogP contribution in [0, 0.1) is 23.2 Å². The minimum Gasteiger partial charge on any atom is -0.298 e. The fourth-order valence-corrected chi connectivity index (χ4v) is 2.70. The van der Waals surface area contributed by atoms with Gasteiger partial charge in [-0.15, -0.1) is 0 Å². The molecule has 2 fully saturated rings. The lowest BCUT2D eigenvalue weighted by Gasteiger charge is -2.29. The minimum absolute atomic E-state index is 0.138. The Morgan fingerprint density at radius 1 is 1.40 bits per heavy atom. The molecular weight excluding hydrogens is 205 g/mol. The molecule has 0 amide bonds. The summed E-state index contributed by atoms with van der Waals surface area (Å²) in [5.74, 6) is -1.25. The van der Waals surface area contributed by atoms with Gasteiger partial charge in [0.2, 0.25) is 0 Å². The Morgan fingerprint density at radius 2 is 2.13 bits per heavy atom. The molecule has 2 rings (SSSR count). The van der Waals surface area contributed by atoms with Gasteiger partial charge in [-0.1, -0.05) is 0 Å². The monoisotopic (exact) mass is 218 g/mol. The van der Waals surface area contributed by atoms with Crippen molar-refractivity contribution in [1.29, 1.82) is 5.26 Å². The molecule has 0 aromatic carbocycles. The van der Waals surface area contributed by atoms with Crippen molar-refractivity contribution in [3.05, 3.63) is 0 Å². The standard InChI is InChI=1S/C10H13F3N2/c11-10(12,13)8(4-14)6-15-5-7-1-2-9(15)3-7/h7-9H,1-3,5-6H2. The van der Waals surface area contributed by atoms with E-state index in [1.165, 1.54) is 6.07 Å². The van der Waals surface area contributed by atoms with Crippen molar-refractivity contribution >= 4 is 0 Å². The third-order valence-electron chi connectivity index (χ3n) is 3.49. The Hall–Kier alpha value is -0.760. The smallest absolute Gasteiger partial charge is 0.298 e. The third kappa shape index (κ3) is 2.10. The van der Waals surface area contributed by atoms with Gasteiger partial charge in [-0.25, -0.2) is 0 Å². The molecule has 0 N–H and O–H groups in total. The van der Waals surface area contributed by atoms with Crippen molar-refractivity contribution in [2.45, 2.75) is 31.5 Å². The van der Waals surface area contributed by atoms with Crippen LogP contribution in [0.3, 0.4) is 0 Å². The van der Waals surface area contributed by atoms with Crippen molar-refractivity contribution in [1.82, 2.24) is 4.90 Å². The molecule has 84 valence electrons. The molecule has 3 unspecified atom stereocenters. The predicted molar refractivity (Wildman–Crippen MR) is 47.9 cm³/mol. The van der Waals surface area contributed by atoms with Gasteiger partial charge in [0.25, 0.3) is 0 Å². The third-order valence-corrected chi connectivity index (χ3v) is 3.49. The second kappa shape index (κ2) is 3.67. The van der Waals surface area contributed by atoms with E-state index < -0.39 is 12.1 Å². The summed E-state index contributed by atoms with van der Waals surface area (Å²) in [4.78, 5) is 1.84. The zero-order chi connectivity index (χ0) is 11.1. The summed E-state index contributed by atoms with van der Waals surface area (Å²) in [6, 6.07) is 1.66. The highest BCUT2D eigenvalue weighted by atomic mass is 19.4. The average Bonchev–Trinajstić information content (AvgIpc) is 2.72. The highest BCUT2D eigenvalue weighted by Gasteiger charge is 2.45. The summed E-state index contributed by atoms with van der Waals surface area (Å²) in [6.07, 6.45) is -1.21. The normalized spacial score (nSPS) is 32.9. The first-order chi connectivity index (χ1) is 7.00. The number of piperidine rings is 1. The van der Waals surface area contributed by atoms with E-state index in [1.807, 2.05) is 4.90 Å². The van der Waals surface area contributed by atoms with E-state index in [9.17, 15) is 13.2 Å². The van der Waals surface area contributed by atoms with Crippen molar-refractivity contribution in [3.63, 3.8) is 0 Å². The van der Waals surface area contributed by atoms with E-state index in [2.05, 4.69) is 0 Å². The highest BCUT2D eigenvalue weighted by Crippen LogP contribution is 2.39. The molecule has 2 aliphatic rings. The highest BCUT2D eigenvalue weighted by molar-refractivity contribution is 4.97. The van der Waals surface area contributed by atoms with Gasteiger partial charge >= 0.3 is 6.18 Å². The zero-order valence-corrected chi connectivity index (χ0v) is 8.30.